The van der Waals surface area contributed by atoms with Crippen molar-refractivity contribution in [2.24, 2.45) is 0 Å². The van der Waals surface area contributed by atoms with Gasteiger partial charge in [-0.1, -0.05) is 13.0 Å². The van der Waals surface area contributed by atoms with Crippen molar-refractivity contribution in [3.8, 4) is 0 Å². The number of aryl methyl sites for hydroxylation is 1. The van der Waals surface area contributed by atoms with Crippen molar-refractivity contribution in [1.82, 2.24) is 5.32 Å². The van der Waals surface area contributed by atoms with Crippen LogP contribution in [0.5, 0.6) is 0 Å². The number of anilines is 1. The number of hydrogen-bond donors (Lipinski definition) is 1. The predicted molar refractivity (Wildman–Crippen MR) is 80.8 cm³/mol. The molecule has 2 rings (SSSR count). The quantitative estimate of drug-likeness (QED) is 0.883. The molecule has 0 unspecified atom stereocenters. The molecule has 1 aliphatic rings. The highest BCUT2D eigenvalue weighted by atomic mass is 16.5. The van der Waals surface area contributed by atoms with E-state index in [0.717, 1.165) is 39.0 Å². The molecular weight excluding hydrogens is 236 g/mol. The molecule has 106 valence electrons. The Morgan fingerprint density at radius 3 is 2.63 bits per heavy atom. The Morgan fingerprint density at radius 2 is 2.05 bits per heavy atom. The lowest BCUT2D eigenvalue weighted by Crippen LogP contribution is -2.36. The van der Waals surface area contributed by atoms with Crippen LogP contribution in [0, 0.1) is 6.92 Å². The first-order valence-electron chi connectivity index (χ1n) is 7.32. The molecule has 0 atom stereocenters. The van der Waals surface area contributed by atoms with Crippen molar-refractivity contribution in [3.63, 3.8) is 0 Å². The maximum atomic E-state index is 5.43. The van der Waals surface area contributed by atoms with Gasteiger partial charge in [-0.2, -0.15) is 0 Å². The van der Waals surface area contributed by atoms with Crippen LogP contribution in [0.1, 0.15) is 30.9 Å². The van der Waals surface area contributed by atoms with E-state index in [9.17, 15) is 0 Å². The number of rotatable bonds is 5. The summed E-state index contributed by atoms with van der Waals surface area (Å²) in [6.45, 7) is 8.54. The van der Waals surface area contributed by atoms with Crippen molar-refractivity contribution in [3.05, 3.63) is 29.3 Å². The molecule has 1 aromatic carbocycles. The van der Waals surface area contributed by atoms with Gasteiger partial charge in [-0.3, -0.25) is 0 Å². The minimum Gasteiger partial charge on any atom is -0.381 e. The molecule has 0 amide bonds. The van der Waals surface area contributed by atoms with E-state index in [4.69, 9.17) is 4.74 Å². The molecule has 3 nitrogen and oxygen atoms in total. The van der Waals surface area contributed by atoms with E-state index in [1.54, 1.807) is 0 Å². The fourth-order valence-corrected chi connectivity index (χ4v) is 2.68. The van der Waals surface area contributed by atoms with Crippen molar-refractivity contribution in [1.29, 1.82) is 0 Å². The molecule has 1 N–H and O–H groups in total. The van der Waals surface area contributed by atoms with E-state index < -0.39 is 0 Å². The van der Waals surface area contributed by atoms with Crippen LogP contribution < -0.4 is 10.2 Å². The molecule has 1 fully saturated rings. The summed E-state index contributed by atoms with van der Waals surface area (Å²) in [7, 11) is 1.82. The number of nitrogens with one attached hydrogen (secondary N) is 1. The highest BCUT2D eigenvalue weighted by Gasteiger charge is 2.19. The van der Waals surface area contributed by atoms with Crippen LogP contribution in [0.15, 0.2) is 18.2 Å². The first-order chi connectivity index (χ1) is 9.24. The third-order valence-electron chi connectivity index (χ3n) is 4.03. The van der Waals surface area contributed by atoms with Gasteiger partial charge >= 0.3 is 0 Å². The number of ether oxygens (including phenoxy) is 1. The Labute approximate surface area is 116 Å². The van der Waals surface area contributed by atoms with Crippen molar-refractivity contribution >= 4 is 5.69 Å². The van der Waals surface area contributed by atoms with Crippen LogP contribution in [-0.4, -0.2) is 32.8 Å². The fraction of sp³-hybridized carbons (Fsp3) is 0.625. The lowest BCUT2D eigenvalue weighted by atomic mass is 10.0. The summed E-state index contributed by atoms with van der Waals surface area (Å²) in [5.41, 5.74) is 4.14. The first kappa shape index (κ1) is 14.4. The van der Waals surface area contributed by atoms with E-state index in [1.807, 2.05) is 7.11 Å². The molecule has 1 aliphatic heterocycles. The molecule has 0 aliphatic carbocycles. The zero-order valence-corrected chi connectivity index (χ0v) is 12.4. The second-order valence-corrected chi connectivity index (χ2v) is 5.31. The van der Waals surface area contributed by atoms with Crippen LogP contribution in [-0.2, 0) is 11.3 Å². The predicted octanol–water partition coefficient (Wildman–Crippen LogP) is 2.72. The standard InChI is InChI=1S/C16H26N2O/c1-4-17-12-14-5-6-15(11-13(14)2)18-9-7-16(19-3)8-10-18/h5-6,11,16-17H,4,7-10,12H2,1-3H3. The Hall–Kier alpha value is -1.06. The minimum absolute atomic E-state index is 0.449. The van der Waals surface area contributed by atoms with Crippen LogP contribution >= 0.6 is 0 Å². The SMILES string of the molecule is CCNCc1ccc(N2CCC(OC)CC2)cc1C. The average molecular weight is 262 g/mol. The monoisotopic (exact) mass is 262 g/mol. The topological polar surface area (TPSA) is 24.5 Å². The van der Waals surface area contributed by atoms with Crippen LogP contribution in [0.25, 0.3) is 0 Å². The zero-order chi connectivity index (χ0) is 13.7. The van der Waals surface area contributed by atoms with Gasteiger partial charge in [0.15, 0.2) is 0 Å². The maximum Gasteiger partial charge on any atom is 0.0605 e. The van der Waals surface area contributed by atoms with Gasteiger partial charge in [-0.05, 0) is 49.6 Å². The molecule has 3 heteroatoms. The van der Waals surface area contributed by atoms with Gasteiger partial charge in [0, 0.05) is 32.4 Å². The smallest absolute Gasteiger partial charge is 0.0605 e. The van der Waals surface area contributed by atoms with Gasteiger partial charge in [-0.15, -0.1) is 0 Å². The summed E-state index contributed by atoms with van der Waals surface area (Å²) in [5.74, 6) is 0. The molecule has 0 saturated carbocycles. The minimum atomic E-state index is 0.449. The summed E-state index contributed by atoms with van der Waals surface area (Å²) in [6.07, 6.45) is 2.72. The molecule has 0 aromatic heterocycles. The lowest BCUT2D eigenvalue weighted by molar-refractivity contribution is 0.0819. The number of hydrogen-bond acceptors (Lipinski definition) is 3. The molecule has 0 radical (unpaired) electrons. The van der Waals surface area contributed by atoms with E-state index in [1.165, 1.54) is 16.8 Å². The van der Waals surface area contributed by atoms with Gasteiger partial charge in [0.1, 0.15) is 0 Å². The zero-order valence-electron chi connectivity index (χ0n) is 12.4. The van der Waals surface area contributed by atoms with Crippen LogP contribution in [0.4, 0.5) is 5.69 Å². The molecule has 1 heterocycles. The Bertz CT molecular complexity index is 398. The van der Waals surface area contributed by atoms with Gasteiger partial charge < -0.3 is 15.0 Å². The fourth-order valence-electron chi connectivity index (χ4n) is 2.68. The molecule has 1 saturated heterocycles. The molecule has 19 heavy (non-hydrogen) atoms. The summed E-state index contributed by atoms with van der Waals surface area (Å²) in [4.78, 5) is 2.47. The van der Waals surface area contributed by atoms with Gasteiger partial charge in [-0.25, -0.2) is 0 Å². The van der Waals surface area contributed by atoms with Crippen LogP contribution in [0.2, 0.25) is 0 Å². The summed E-state index contributed by atoms with van der Waals surface area (Å²) >= 11 is 0. The van der Waals surface area contributed by atoms with Gasteiger partial charge in [0.05, 0.1) is 6.10 Å². The third kappa shape index (κ3) is 3.71. The van der Waals surface area contributed by atoms with Crippen molar-refractivity contribution in [2.75, 3.05) is 31.6 Å². The number of nitrogens with zero attached hydrogens (tertiary/aromatic N) is 1. The summed E-state index contributed by atoms with van der Waals surface area (Å²) < 4.78 is 5.43. The first-order valence-corrected chi connectivity index (χ1v) is 7.32. The van der Waals surface area contributed by atoms with Gasteiger partial charge in [0.2, 0.25) is 0 Å². The van der Waals surface area contributed by atoms with Crippen molar-refractivity contribution in [2.45, 2.75) is 39.3 Å². The van der Waals surface area contributed by atoms with Gasteiger partial charge in [0.25, 0.3) is 0 Å². The average Bonchev–Trinajstić information content (AvgIpc) is 2.46. The summed E-state index contributed by atoms with van der Waals surface area (Å²) in [5, 5.41) is 3.39. The lowest BCUT2D eigenvalue weighted by Gasteiger charge is -2.33. The van der Waals surface area contributed by atoms with Crippen LogP contribution in [0.3, 0.4) is 0 Å². The number of piperidine rings is 1. The highest BCUT2D eigenvalue weighted by molar-refractivity contribution is 5.51. The Balaban J connectivity index is 1.99. The Morgan fingerprint density at radius 1 is 1.32 bits per heavy atom. The summed E-state index contributed by atoms with van der Waals surface area (Å²) in [6, 6.07) is 6.84. The maximum absolute atomic E-state index is 5.43. The Kier molecular flexibility index (Phi) is 5.23. The van der Waals surface area contributed by atoms with E-state index in [2.05, 4.69) is 42.3 Å². The third-order valence-corrected chi connectivity index (χ3v) is 4.03. The number of benzene rings is 1. The molecule has 0 bridgehead atoms. The number of methoxy groups -OCH3 is 1. The second-order valence-electron chi connectivity index (χ2n) is 5.31. The second kappa shape index (κ2) is 6.92. The van der Waals surface area contributed by atoms with Crippen molar-refractivity contribution < 1.29 is 4.74 Å². The normalized spacial score (nSPS) is 16.9. The molecule has 0 spiro atoms. The largest absolute Gasteiger partial charge is 0.381 e. The highest BCUT2D eigenvalue weighted by Crippen LogP contribution is 2.23. The van der Waals surface area contributed by atoms with E-state index in [0.29, 0.717) is 6.10 Å². The van der Waals surface area contributed by atoms with E-state index in [-0.39, 0.29) is 0 Å². The molecule has 1 aromatic rings. The van der Waals surface area contributed by atoms with E-state index >= 15 is 0 Å². The molecular formula is C16H26N2O.